The second-order valence-corrected chi connectivity index (χ2v) is 7.78. The molecule has 0 radical (unpaired) electrons. The molecule has 6 nitrogen and oxygen atoms in total. The van der Waals surface area contributed by atoms with Crippen molar-refractivity contribution in [3.8, 4) is 11.4 Å². The van der Waals surface area contributed by atoms with Crippen LogP contribution >= 0.6 is 0 Å². The zero-order chi connectivity index (χ0) is 18.8. The highest BCUT2D eigenvalue weighted by Crippen LogP contribution is 2.31. The van der Waals surface area contributed by atoms with E-state index in [4.69, 9.17) is 4.74 Å². The molecule has 2 heterocycles. The molecule has 138 valence electrons. The molecular formula is C20H19N3O3S. The maximum atomic E-state index is 12.6. The molecule has 1 atom stereocenters. The fourth-order valence-electron chi connectivity index (χ4n) is 3.12. The minimum Gasteiger partial charge on any atom is -0.497 e. The van der Waals surface area contributed by atoms with Crippen molar-refractivity contribution in [1.82, 2.24) is 9.78 Å². The molecule has 1 aliphatic rings. The number of hydrogen-bond donors (Lipinski definition) is 1. The van der Waals surface area contributed by atoms with Crippen molar-refractivity contribution in [2.45, 2.75) is 17.9 Å². The van der Waals surface area contributed by atoms with Crippen LogP contribution in [0, 0.1) is 0 Å². The summed E-state index contributed by atoms with van der Waals surface area (Å²) in [5.41, 5.74) is 3.40. The Balaban J connectivity index is 1.60. The lowest BCUT2D eigenvalue weighted by molar-refractivity contribution is -0.115. The summed E-state index contributed by atoms with van der Waals surface area (Å²) in [5, 5.41) is 7.57. The Morgan fingerprint density at radius 2 is 1.89 bits per heavy atom. The number of rotatable bonds is 5. The summed E-state index contributed by atoms with van der Waals surface area (Å²) in [6.07, 6.45) is 0.238. The molecule has 27 heavy (non-hydrogen) atoms. The van der Waals surface area contributed by atoms with Gasteiger partial charge in [0, 0.05) is 16.4 Å². The average Bonchev–Trinajstić information content (AvgIpc) is 3.20. The molecule has 0 bridgehead atoms. The van der Waals surface area contributed by atoms with Crippen LogP contribution in [-0.2, 0) is 33.5 Å². The maximum absolute atomic E-state index is 12.6. The lowest BCUT2D eigenvalue weighted by atomic mass is 10.1. The predicted octanol–water partition coefficient (Wildman–Crippen LogP) is 2.82. The number of hydrogen-bond acceptors (Lipinski definition) is 4. The average molecular weight is 381 g/mol. The van der Waals surface area contributed by atoms with Crippen molar-refractivity contribution in [3.63, 3.8) is 0 Å². The number of para-hydroxylation sites is 1. The Hall–Kier alpha value is -2.93. The number of carbonyl (C=O) groups is 1. The molecule has 7 heteroatoms. The van der Waals surface area contributed by atoms with E-state index in [1.807, 2.05) is 54.6 Å². The van der Waals surface area contributed by atoms with Gasteiger partial charge >= 0.3 is 0 Å². The SMILES string of the molecule is COc1ccc(CC(=O)Nc2c3c(nn2-c2ccccc2)C[S@](=O)C3)cc1. The number of anilines is 1. The number of aromatic nitrogens is 2. The first kappa shape index (κ1) is 17.5. The molecule has 1 amide bonds. The molecule has 0 saturated heterocycles. The largest absolute Gasteiger partial charge is 0.497 e. The zero-order valence-electron chi connectivity index (χ0n) is 14.8. The topological polar surface area (TPSA) is 73.2 Å². The molecule has 1 aromatic heterocycles. The van der Waals surface area contributed by atoms with Crippen LogP contribution in [0.3, 0.4) is 0 Å². The summed E-state index contributed by atoms with van der Waals surface area (Å²) in [5.74, 6) is 2.07. The number of nitrogens with zero attached hydrogens (tertiary/aromatic N) is 2. The van der Waals surface area contributed by atoms with E-state index < -0.39 is 10.8 Å². The van der Waals surface area contributed by atoms with Crippen LogP contribution in [-0.4, -0.2) is 27.0 Å². The fraction of sp³-hybridized carbons (Fsp3) is 0.200. The van der Waals surface area contributed by atoms with E-state index in [2.05, 4.69) is 10.4 Å². The van der Waals surface area contributed by atoms with Crippen molar-refractivity contribution in [3.05, 3.63) is 71.4 Å². The molecule has 0 aliphatic carbocycles. The van der Waals surface area contributed by atoms with Gasteiger partial charge in [0.15, 0.2) is 0 Å². The lowest BCUT2D eigenvalue weighted by Gasteiger charge is -2.11. The summed E-state index contributed by atoms with van der Waals surface area (Å²) in [6, 6.07) is 17.0. The third-order valence-electron chi connectivity index (χ3n) is 4.45. The normalized spacial score (nSPS) is 15.4. The Morgan fingerprint density at radius 3 is 2.59 bits per heavy atom. The van der Waals surface area contributed by atoms with E-state index in [0.29, 0.717) is 17.3 Å². The van der Waals surface area contributed by atoms with Gasteiger partial charge in [-0.3, -0.25) is 9.00 Å². The Labute approximate surface area is 159 Å². The molecule has 0 saturated carbocycles. The van der Waals surface area contributed by atoms with E-state index in [-0.39, 0.29) is 12.3 Å². The van der Waals surface area contributed by atoms with Gasteiger partial charge in [-0.25, -0.2) is 4.68 Å². The molecule has 4 rings (SSSR count). The second-order valence-electron chi connectivity index (χ2n) is 6.32. The fourth-order valence-corrected chi connectivity index (χ4v) is 4.38. The Bertz CT molecular complexity index is 997. The number of ether oxygens (including phenoxy) is 1. The molecule has 0 unspecified atom stereocenters. The zero-order valence-corrected chi connectivity index (χ0v) is 15.7. The van der Waals surface area contributed by atoms with Gasteiger partial charge in [0.25, 0.3) is 0 Å². The van der Waals surface area contributed by atoms with Crippen LogP contribution in [0.15, 0.2) is 54.6 Å². The number of carbonyl (C=O) groups excluding carboxylic acids is 1. The third kappa shape index (κ3) is 3.64. The van der Waals surface area contributed by atoms with Crippen LogP contribution in [0.4, 0.5) is 5.82 Å². The number of methoxy groups -OCH3 is 1. The maximum Gasteiger partial charge on any atom is 0.229 e. The highest BCUT2D eigenvalue weighted by Gasteiger charge is 2.28. The first-order valence-electron chi connectivity index (χ1n) is 8.58. The Kier molecular flexibility index (Phi) is 4.77. The van der Waals surface area contributed by atoms with E-state index >= 15 is 0 Å². The van der Waals surface area contributed by atoms with Gasteiger partial charge in [0.2, 0.25) is 5.91 Å². The van der Waals surface area contributed by atoms with Crippen molar-refractivity contribution >= 4 is 22.5 Å². The van der Waals surface area contributed by atoms with E-state index in [1.54, 1.807) is 11.8 Å². The van der Waals surface area contributed by atoms with Gasteiger partial charge in [-0.15, -0.1) is 0 Å². The molecule has 2 aromatic carbocycles. The number of fused-ring (bicyclic) bond motifs is 1. The summed E-state index contributed by atoms with van der Waals surface area (Å²) in [4.78, 5) is 12.6. The van der Waals surface area contributed by atoms with Crippen molar-refractivity contribution in [2.75, 3.05) is 12.4 Å². The minimum absolute atomic E-state index is 0.141. The smallest absolute Gasteiger partial charge is 0.229 e. The molecular weight excluding hydrogens is 362 g/mol. The molecule has 1 N–H and O–H groups in total. The minimum atomic E-state index is -0.961. The van der Waals surface area contributed by atoms with Gasteiger partial charge in [-0.1, -0.05) is 30.3 Å². The van der Waals surface area contributed by atoms with Crippen LogP contribution in [0.25, 0.3) is 5.69 Å². The highest BCUT2D eigenvalue weighted by molar-refractivity contribution is 7.83. The quantitative estimate of drug-likeness (QED) is 0.738. The summed E-state index contributed by atoms with van der Waals surface area (Å²) in [6.45, 7) is 0. The molecule has 1 aliphatic heterocycles. The van der Waals surface area contributed by atoms with Crippen LogP contribution in [0.1, 0.15) is 16.8 Å². The Morgan fingerprint density at radius 1 is 1.15 bits per heavy atom. The number of amides is 1. The monoisotopic (exact) mass is 381 g/mol. The van der Waals surface area contributed by atoms with E-state index in [0.717, 1.165) is 28.3 Å². The van der Waals surface area contributed by atoms with Crippen LogP contribution in [0.5, 0.6) is 5.75 Å². The molecule has 0 fully saturated rings. The van der Waals surface area contributed by atoms with Gasteiger partial charge in [-0.05, 0) is 29.8 Å². The highest BCUT2D eigenvalue weighted by atomic mass is 32.2. The summed E-state index contributed by atoms with van der Waals surface area (Å²) < 4.78 is 18.8. The predicted molar refractivity (Wildman–Crippen MR) is 104 cm³/mol. The third-order valence-corrected chi connectivity index (χ3v) is 5.66. The first-order valence-corrected chi connectivity index (χ1v) is 10.1. The molecule has 3 aromatic rings. The van der Waals surface area contributed by atoms with Crippen LogP contribution in [0.2, 0.25) is 0 Å². The summed E-state index contributed by atoms with van der Waals surface area (Å²) in [7, 11) is 0.647. The van der Waals surface area contributed by atoms with Crippen molar-refractivity contribution in [2.24, 2.45) is 0 Å². The number of nitrogens with one attached hydrogen (secondary N) is 1. The van der Waals surface area contributed by atoms with Crippen molar-refractivity contribution in [1.29, 1.82) is 0 Å². The standard InChI is InChI=1S/C20H19N3O3S/c1-26-16-9-7-14(8-10-16)11-19(24)21-20-17-12-27(25)13-18(17)22-23(20)15-5-3-2-4-6-15/h2-10H,11-13H2,1H3,(H,21,24)/t27-/m1/s1. The van der Waals surface area contributed by atoms with Gasteiger partial charge in [0.1, 0.15) is 11.6 Å². The van der Waals surface area contributed by atoms with Gasteiger partial charge in [0.05, 0.1) is 36.4 Å². The molecule has 0 spiro atoms. The van der Waals surface area contributed by atoms with E-state index in [1.165, 1.54) is 0 Å². The second kappa shape index (κ2) is 7.36. The summed E-state index contributed by atoms with van der Waals surface area (Å²) >= 11 is 0. The lowest BCUT2D eigenvalue weighted by Crippen LogP contribution is -2.18. The van der Waals surface area contributed by atoms with E-state index in [9.17, 15) is 9.00 Å². The first-order chi connectivity index (χ1) is 13.1. The van der Waals surface area contributed by atoms with Crippen LogP contribution < -0.4 is 10.1 Å². The van der Waals surface area contributed by atoms with Crippen molar-refractivity contribution < 1.29 is 13.7 Å². The van der Waals surface area contributed by atoms with Gasteiger partial charge in [-0.2, -0.15) is 5.10 Å². The van der Waals surface area contributed by atoms with Gasteiger partial charge < -0.3 is 10.1 Å². The number of benzene rings is 2.